The highest BCUT2D eigenvalue weighted by molar-refractivity contribution is 5.93. The number of likely N-dealkylation sites (tertiary alicyclic amines) is 1. The lowest BCUT2D eigenvalue weighted by molar-refractivity contribution is -0.141. The minimum atomic E-state index is -1.31. The number of imidazole rings is 1. The number of hydrogen-bond donors (Lipinski definition) is 3. The van der Waals surface area contributed by atoms with Gasteiger partial charge in [0, 0.05) is 50.4 Å². The summed E-state index contributed by atoms with van der Waals surface area (Å²) >= 11 is 0. The van der Waals surface area contributed by atoms with Gasteiger partial charge >= 0.3 is 18.2 Å². The molecule has 1 aromatic carbocycles. The molecule has 3 aromatic rings. The van der Waals surface area contributed by atoms with E-state index in [0.717, 1.165) is 16.0 Å². The largest absolute Gasteiger partial charge is 0.480 e. The molecule has 4 heterocycles. The number of amides is 2. The minimum Gasteiger partial charge on any atom is -0.480 e. The first-order valence-corrected chi connectivity index (χ1v) is 14.9. The summed E-state index contributed by atoms with van der Waals surface area (Å²) in [7, 11) is 3.18. The van der Waals surface area contributed by atoms with Gasteiger partial charge in [0.1, 0.15) is 29.1 Å². The highest BCUT2D eigenvalue weighted by atomic mass is 19.1. The fourth-order valence-electron chi connectivity index (χ4n) is 5.95. The smallest absolute Gasteiger partial charge is 0.410 e. The van der Waals surface area contributed by atoms with Crippen LogP contribution in [0.25, 0.3) is 22.3 Å². The van der Waals surface area contributed by atoms with Crippen molar-refractivity contribution in [2.75, 3.05) is 32.6 Å². The molecule has 2 aliphatic rings. The van der Waals surface area contributed by atoms with Crippen LogP contribution in [0.4, 0.5) is 19.8 Å². The van der Waals surface area contributed by atoms with E-state index in [1.807, 2.05) is 4.57 Å². The summed E-state index contributed by atoms with van der Waals surface area (Å²) in [5.74, 6) is -0.745. The molecule has 1 saturated heterocycles. The number of carboxylic acids is 1. The Morgan fingerprint density at radius 1 is 1.20 bits per heavy atom. The Bertz CT molecular complexity index is 1650. The highest BCUT2D eigenvalue weighted by Gasteiger charge is 2.40. The molecule has 2 amide bonds. The third-order valence-electron chi connectivity index (χ3n) is 8.06. The zero-order chi connectivity index (χ0) is 33.5. The number of likely N-dealkylation sites (N-methyl/N-ethyl adjacent to an activating group) is 1. The van der Waals surface area contributed by atoms with E-state index in [-0.39, 0.29) is 32.7 Å². The van der Waals surface area contributed by atoms with Gasteiger partial charge in [0.05, 0.1) is 49.1 Å². The van der Waals surface area contributed by atoms with Gasteiger partial charge in [-0.05, 0) is 45.4 Å². The van der Waals surface area contributed by atoms with Crippen LogP contribution in [0.5, 0.6) is 0 Å². The van der Waals surface area contributed by atoms with Crippen molar-refractivity contribution in [2.24, 2.45) is 0 Å². The lowest BCUT2D eigenvalue weighted by Crippen LogP contribution is -2.40. The first kappa shape index (κ1) is 32.9. The number of methoxy groups -OCH3 is 1. The second-order valence-electron chi connectivity index (χ2n) is 12.7. The van der Waals surface area contributed by atoms with E-state index in [1.165, 1.54) is 17.0 Å². The molecule has 2 aromatic heterocycles. The molecule has 0 aliphatic carbocycles. The third kappa shape index (κ3) is 6.84. The van der Waals surface area contributed by atoms with Crippen molar-refractivity contribution in [3.05, 3.63) is 41.0 Å². The molecule has 248 valence electrons. The van der Waals surface area contributed by atoms with Gasteiger partial charge in [0.25, 0.3) is 0 Å². The molecule has 14 nitrogen and oxygen atoms in total. The molecule has 1 unspecified atom stereocenters. The number of nitrogens with zero attached hydrogens (tertiary/aromatic N) is 5. The molecule has 2 aliphatic heterocycles. The maximum Gasteiger partial charge on any atom is 0.410 e. The third-order valence-corrected chi connectivity index (χ3v) is 8.06. The summed E-state index contributed by atoms with van der Waals surface area (Å²) in [6.45, 7) is 8.18. The quantitative estimate of drug-likeness (QED) is 0.308. The maximum absolute atomic E-state index is 15.1. The van der Waals surface area contributed by atoms with Gasteiger partial charge in [-0.3, -0.25) is 4.90 Å². The molecular weight excluding hydrogens is 603 g/mol. The minimum absolute atomic E-state index is 0.0385. The number of benzene rings is 1. The number of halogens is 1. The van der Waals surface area contributed by atoms with Gasteiger partial charge < -0.3 is 39.2 Å². The summed E-state index contributed by atoms with van der Waals surface area (Å²) in [6.07, 6.45) is -2.22. The zero-order valence-electron chi connectivity index (χ0n) is 26.7. The number of aliphatic carboxylic acids is 1. The summed E-state index contributed by atoms with van der Waals surface area (Å²) in [4.78, 5) is 47.8. The Morgan fingerprint density at radius 2 is 1.93 bits per heavy atom. The zero-order valence-corrected chi connectivity index (χ0v) is 26.7. The van der Waals surface area contributed by atoms with E-state index in [4.69, 9.17) is 19.2 Å². The first-order chi connectivity index (χ1) is 21.6. The molecule has 3 N–H and O–H groups in total. The van der Waals surface area contributed by atoms with Crippen molar-refractivity contribution in [3.8, 4) is 11.3 Å². The number of carbonyl (C=O) groups excluding carboxylic acids is 1. The Morgan fingerprint density at radius 3 is 2.57 bits per heavy atom. The highest BCUT2D eigenvalue weighted by Crippen LogP contribution is 2.37. The topological polar surface area (TPSA) is 169 Å². The fraction of sp³-hybridized carbons (Fsp3) is 0.516. The van der Waals surface area contributed by atoms with E-state index in [1.54, 1.807) is 47.9 Å². The van der Waals surface area contributed by atoms with E-state index in [0.29, 0.717) is 40.5 Å². The molecular formula is C31H39FN6O8. The second kappa shape index (κ2) is 12.7. The molecule has 0 spiro atoms. The number of fused-ring (bicyclic) bond motifs is 2. The number of anilines is 1. The number of pyridine rings is 1. The molecule has 0 saturated carbocycles. The van der Waals surface area contributed by atoms with E-state index < -0.39 is 47.8 Å². The Balaban J connectivity index is 1.51. The van der Waals surface area contributed by atoms with Crippen molar-refractivity contribution in [1.29, 1.82) is 0 Å². The monoisotopic (exact) mass is 642 g/mol. The van der Waals surface area contributed by atoms with Crippen LogP contribution in [0.2, 0.25) is 0 Å². The molecule has 3 atom stereocenters. The van der Waals surface area contributed by atoms with Crippen LogP contribution >= 0.6 is 0 Å². The van der Waals surface area contributed by atoms with Crippen LogP contribution in [0.15, 0.2) is 18.2 Å². The van der Waals surface area contributed by atoms with Crippen LogP contribution < -0.4 is 5.32 Å². The number of carbonyl (C=O) groups is 3. The number of nitrogens with one attached hydrogen (secondary N) is 1. The molecule has 5 rings (SSSR count). The van der Waals surface area contributed by atoms with Crippen molar-refractivity contribution in [3.63, 3.8) is 0 Å². The predicted octanol–water partition coefficient (Wildman–Crippen LogP) is 4.08. The standard InChI is InChI=1S/C31H39FN6O8/c1-16-33-23-9-18(32)8-21(27(23)37(16)13-20(44-6)12-36(5)30(43)46-31(2,3)4)26-22-15-45-14-17(22)7-25(35-26)34-19-10-24(28(39)40)38(11-19)29(41)42/h7-9,19-20,24H,10-15H2,1-6H3,(H,34,35)(H,39,40)(H,41,42)/t19-,20?,24-/m0/s1. The number of aryl methyl sites for hydroxylation is 1. The van der Waals surface area contributed by atoms with Crippen molar-refractivity contribution >= 4 is 35.0 Å². The van der Waals surface area contributed by atoms with Crippen molar-refractivity contribution in [1.82, 2.24) is 24.3 Å². The number of carboxylic acid groups (broad SMARTS) is 2. The number of aromatic nitrogens is 3. The SMILES string of the molecule is COC(CN(C)C(=O)OC(C)(C)C)Cn1c(C)nc2cc(F)cc(-c3nc(N[C@H]4C[C@@H](C(=O)O)N(C(=O)O)C4)cc4c3COC4)c21. The average molecular weight is 643 g/mol. The molecule has 15 heteroatoms. The van der Waals surface area contributed by atoms with Crippen LogP contribution in [0.1, 0.15) is 44.1 Å². The Hall–Kier alpha value is -4.50. The second-order valence-corrected chi connectivity index (χ2v) is 12.7. The lowest BCUT2D eigenvalue weighted by atomic mass is 10.0. The van der Waals surface area contributed by atoms with Crippen LogP contribution in [0.3, 0.4) is 0 Å². The van der Waals surface area contributed by atoms with E-state index >= 15 is 4.39 Å². The Labute approximate surface area is 265 Å². The molecule has 0 radical (unpaired) electrons. The first-order valence-electron chi connectivity index (χ1n) is 14.9. The van der Waals surface area contributed by atoms with E-state index in [2.05, 4.69) is 10.3 Å². The van der Waals surface area contributed by atoms with Crippen LogP contribution in [-0.2, 0) is 38.8 Å². The van der Waals surface area contributed by atoms with E-state index in [9.17, 15) is 24.6 Å². The number of ether oxygens (including phenoxy) is 3. The molecule has 46 heavy (non-hydrogen) atoms. The fourth-order valence-corrected chi connectivity index (χ4v) is 5.95. The molecule has 1 fully saturated rings. The normalized spacial score (nSPS) is 18.5. The van der Waals surface area contributed by atoms with Gasteiger partial charge in [0.2, 0.25) is 0 Å². The summed E-state index contributed by atoms with van der Waals surface area (Å²) in [5, 5.41) is 22.3. The van der Waals surface area contributed by atoms with Gasteiger partial charge in [-0.2, -0.15) is 0 Å². The maximum atomic E-state index is 15.1. The van der Waals surface area contributed by atoms with Crippen molar-refractivity contribution < 1.29 is 43.2 Å². The van der Waals surface area contributed by atoms with Gasteiger partial charge in [-0.1, -0.05) is 0 Å². The molecule has 0 bridgehead atoms. The number of hydrogen-bond acceptors (Lipinski definition) is 9. The van der Waals surface area contributed by atoms with Gasteiger partial charge in [-0.15, -0.1) is 0 Å². The average Bonchev–Trinajstić information content (AvgIpc) is 3.68. The number of rotatable bonds is 9. The van der Waals surface area contributed by atoms with Crippen LogP contribution in [0, 0.1) is 12.7 Å². The summed E-state index contributed by atoms with van der Waals surface area (Å²) in [5.41, 5.74) is 2.90. The van der Waals surface area contributed by atoms with Gasteiger partial charge in [-0.25, -0.2) is 28.7 Å². The predicted molar refractivity (Wildman–Crippen MR) is 164 cm³/mol. The summed E-state index contributed by atoms with van der Waals surface area (Å²) in [6, 6.07) is 2.83. The lowest BCUT2D eigenvalue weighted by Gasteiger charge is -2.27. The van der Waals surface area contributed by atoms with Crippen molar-refractivity contribution in [2.45, 2.75) is 77.7 Å². The summed E-state index contributed by atoms with van der Waals surface area (Å²) < 4.78 is 34.0. The Kier molecular flexibility index (Phi) is 9.09. The van der Waals surface area contributed by atoms with Gasteiger partial charge in [0.15, 0.2) is 0 Å². The van der Waals surface area contributed by atoms with Crippen LogP contribution in [-0.4, -0.2) is 104 Å².